The Morgan fingerprint density at radius 2 is 1.54 bits per heavy atom. The average molecular weight is 352 g/mol. The monoisotopic (exact) mass is 352 g/mol. The van der Waals surface area contributed by atoms with Crippen LogP contribution in [0.2, 0.25) is 0 Å². The van der Waals surface area contributed by atoms with E-state index in [2.05, 4.69) is 10.9 Å². The summed E-state index contributed by atoms with van der Waals surface area (Å²) >= 11 is 0. The maximum Gasteiger partial charge on any atom is 0.276 e. The van der Waals surface area contributed by atoms with Crippen molar-refractivity contribution in [3.05, 3.63) is 78.1 Å². The van der Waals surface area contributed by atoms with Gasteiger partial charge in [-0.2, -0.15) is 0 Å². The Morgan fingerprint density at radius 3 is 2.31 bits per heavy atom. The maximum absolute atomic E-state index is 12.8. The Balaban J connectivity index is 1.45. The largest absolute Gasteiger partial charge is 0.484 e. The van der Waals surface area contributed by atoms with E-state index in [1.165, 1.54) is 24.3 Å². The third-order valence-corrected chi connectivity index (χ3v) is 3.70. The van der Waals surface area contributed by atoms with E-state index in [0.717, 1.165) is 16.3 Å². The van der Waals surface area contributed by atoms with Gasteiger partial charge in [-0.25, -0.2) is 4.39 Å². The number of nitrogens with one attached hydrogen (secondary N) is 2. The molecule has 2 amide bonds. The zero-order valence-corrected chi connectivity index (χ0v) is 13.9. The molecular formula is C20H17FN2O3. The molecule has 0 saturated carbocycles. The van der Waals surface area contributed by atoms with Crippen molar-refractivity contribution in [3.63, 3.8) is 0 Å². The van der Waals surface area contributed by atoms with Gasteiger partial charge in [-0.3, -0.25) is 20.4 Å². The first-order valence-electron chi connectivity index (χ1n) is 8.04. The third kappa shape index (κ3) is 4.80. The molecule has 0 aliphatic carbocycles. The van der Waals surface area contributed by atoms with Crippen LogP contribution in [0.4, 0.5) is 4.39 Å². The maximum atomic E-state index is 12.8. The van der Waals surface area contributed by atoms with Crippen molar-refractivity contribution in [2.24, 2.45) is 0 Å². The topological polar surface area (TPSA) is 67.4 Å². The van der Waals surface area contributed by atoms with Gasteiger partial charge in [0.1, 0.15) is 11.6 Å². The van der Waals surface area contributed by atoms with Crippen molar-refractivity contribution in [1.29, 1.82) is 0 Å². The molecule has 2 N–H and O–H groups in total. The molecule has 0 spiro atoms. The van der Waals surface area contributed by atoms with Crippen LogP contribution in [0, 0.1) is 5.82 Å². The molecule has 5 nitrogen and oxygen atoms in total. The van der Waals surface area contributed by atoms with Gasteiger partial charge in [-0.05, 0) is 40.6 Å². The van der Waals surface area contributed by atoms with E-state index < -0.39 is 5.91 Å². The summed E-state index contributed by atoms with van der Waals surface area (Å²) in [6, 6.07) is 18.9. The summed E-state index contributed by atoms with van der Waals surface area (Å²) in [4.78, 5) is 23.6. The predicted molar refractivity (Wildman–Crippen MR) is 95.8 cm³/mol. The zero-order valence-electron chi connectivity index (χ0n) is 13.9. The molecule has 6 heteroatoms. The number of carbonyl (C=O) groups is 2. The molecule has 0 unspecified atom stereocenters. The number of benzene rings is 3. The van der Waals surface area contributed by atoms with Crippen molar-refractivity contribution in [3.8, 4) is 5.75 Å². The third-order valence-electron chi connectivity index (χ3n) is 3.70. The first-order valence-corrected chi connectivity index (χ1v) is 8.04. The predicted octanol–water partition coefficient (Wildman–Crippen LogP) is 2.75. The summed E-state index contributed by atoms with van der Waals surface area (Å²) in [6.07, 6.45) is 0.143. The van der Waals surface area contributed by atoms with Crippen LogP contribution in [0.5, 0.6) is 5.75 Å². The van der Waals surface area contributed by atoms with Gasteiger partial charge >= 0.3 is 0 Å². The van der Waals surface area contributed by atoms with Crippen LogP contribution < -0.4 is 15.6 Å². The number of rotatable bonds is 5. The summed E-state index contributed by atoms with van der Waals surface area (Å²) in [5.74, 6) is -0.872. The summed E-state index contributed by atoms with van der Waals surface area (Å²) in [5.41, 5.74) is 5.48. The van der Waals surface area contributed by atoms with Crippen LogP contribution in [-0.4, -0.2) is 18.4 Å². The summed E-state index contributed by atoms with van der Waals surface area (Å²) in [5, 5.41) is 2.15. The Labute approximate surface area is 149 Å². The molecule has 0 saturated heterocycles. The number of hydrazine groups is 1. The van der Waals surface area contributed by atoms with Crippen LogP contribution in [0.15, 0.2) is 66.7 Å². The van der Waals surface area contributed by atoms with Gasteiger partial charge in [0.15, 0.2) is 6.61 Å². The number of hydrogen-bond acceptors (Lipinski definition) is 3. The number of hydrogen-bond donors (Lipinski definition) is 2. The second-order valence-corrected chi connectivity index (χ2v) is 5.70. The molecule has 0 aliphatic heterocycles. The molecule has 0 radical (unpaired) electrons. The van der Waals surface area contributed by atoms with E-state index in [1.54, 1.807) is 0 Å². The number of amides is 2. The van der Waals surface area contributed by atoms with Crippen LogP contribution in [0.25, 0.3) is 10.8 Å². The van der Waals surface area contributed by atoms with E-state index in [-0.39, 0.29) is 24.8 Å². The highest BCUT2D eigenvalue weighted by atomic mass is 19.1. The Bertz CT molecular complexity index is 926. The van der Waals surface area contributed by atoms with Gasteiger partial charge in [0, 0.05) is 0 Å². The number of ether oxygens (including phenoxy) is 1. The lowest BCUT2D eigenvalue weighted by Gasteiger charge is -2.09. The van der Waals surface area contributed by atoms with Gasteiger partial charge < -0.3 is 4.74 Å². The molecular weight excluding hydrogens is 335 g/mol. The minimum Gasteiger partial charge on any atom is -0.484 e. The molecule has 3 aromatic rings. The quantitative estimate of drug-likeness (QED) is 0.694. The van der Waals surface area contributed by atoms with Gasteiger partial charge in [0.2, 0.25) is 5.91 Å². The second kappa shape index (κ2) is 8.11. The molecule has 3 rings (SSSR count). The minimum absolute atomic E-state index is 0.143. The van der Waals surface area contributed by atoms with Crippen molar-refractivity contribution in [1.82, 2.24) is 10.9 Å². The van der Waals surface area contributed by atoms with E-state index in [1.807, 2.05) is 42.5 Å². The normalized spacial score (nSPS) is 10.3. The lowest BCUT2D eigenvalue weighted by molar-refractivity contribution is -0.129. The van der Waals surface area contributed by atoms with Crippen LogP contribution in [-0.2, 0) is 16.0 Å². The molecule has 0 aromatic heterocycles. The van der Waals surface area contributed by atoms with Crippen LogP contribution >= 0.6 is 0 Å². The SMILES string of the molecule is O=C(COc1ccc(F)cc1)NNC(=O)Cc1ccc2ccccc2c1. The van der Waals surface area contributed by atoms with Gasteiger partial charge in [-0.15, -0.1) is 0 Å². The summed E-state index contributed by atoms with van der Waals surface area (Å²) in [7, 11) is 0. The first-order chi connectivity index (χ1) is 12.6. The molecule has 0 aliphatic rings. The lowest BCUT2D eigenvalue weighted by atomic mass is 10.1. The lowest BCUT2D eigenvalue weighted by Crippen LogP contribution is -2.44. The average Bonchev–Trinajstić information content (AvgIpc) is 2.66. The minimum atomic E-state index is -0.513. The van der Waals surface area contributed by atoms with Gasteiger partial charge in [0.25, 0.3) is 5.91 Å². The van der Waals surface area contributed by atoms with Crippen molar-refractivity contribution in [2.75, 3.05) is 6.61 Å². The van der Waals surface area contributed by atoms with Crippen LogP contribution in [0.1, 0.15) is 5.56 Å². The van der Waals surface area contributed by atoms with E-state index >= 15 is 0 Å². The van der Waals surface area contributed by atoms with Crippen molar-refractivity contribution >= 4 is 22.6 Å². The number of halogens is 1. The molecule has 0 bridgehead atoms. The van der Waals surface area contributed by atoms with Crippen molar-refractivity contribution < 1.29 is 18.7 Å². The standard InChI is InChI=1S/C20H17FN2O3/c21-17-7-9-18(10-8-17)26-13-20(25)23-22-19(24)12-14-5-6-15-3-1-2-4-16(15)11-14/h1-11H,12-13H2,(H,22,24)(H,23,25). The molecule has 132 valence electrons. The fraction of sp³-hybridized carbons (Fsp3) is 0.100. The van der Waals surface area contributed by atoms with E-state index in [9.17, 15) is 14.0 Å². The van der Waals surface area contributed by atoms with Crippen LogP contribution in [0.3, 0.4) is 0 Å². The number of carbonyl (C=O) groups excluding carboxylic acids is 2. The first kappa shape index (κ1) is 17.4. The molecule has 3 aromatic carbocycles. The fourth-order valence-electron chi connectivity index (χ4n) is 2.43. The highest BCUT2D eigenvalue weighted by Crippen LogP contribution is 2.15. The Hall–Kier alpha value is -3.41. The summed E-state index contributed by atoms with van der Waals surface area (Å²) < 4.78 is 18.0. The van der Waals surface area contributed by atoms with Crippen molar-refractivity contribution in [2.45, 2.75) is 6.42 Å². The molecule has 0 fully saturated rings. The van der Waals surface area contributed by atoms with Gasteiger partial charge in [0.05, 0.1) is 6.42 Å². The molecule has 26 heavy (non-hydrogen) atoms. The zero-order chi connectivity index (χ0) is 18.4. The highest BCUT2D eigenvalue weighted by molar-refractivity contribution is 5.86. The molecule has 0 atom stereocenters. The summed E-state index contributed by atoms with van der Waals surface area (Å²) in [6.45, 7) is -0.290. The molecule has 0 heterocycles. The Morgan fingerprint density at radius 1 is 0.846 bits per heavy atom. The fourth-order valence-corrected chi connectivity index (χ4v) is 2.43. The number of fused-ring (bicyclic) bond motifs is 1. The highest BCUT2D eigenvalue weighted by Gasteiger charge is 2.07. The van der Waals surface area contributed by atoms with E-state index in [0.29, 0.717) is 5.75 Å². The second-order valence-electron chi connectivity index (χ2n) is 5.70. The van der Waals surface area contributed by atoms with E-state index in [4.69, 9.17) is 4.74 Å². The Kier molecular flexibility index (Phi) is 5.43. The smallest absolute Gasteiger partial charge is 0.276 e. The van der Waals surface area contributed by atoms with Gasteiger partial charge in [-0.1, -0.05) is 42.5 Å².